The summed E-state index contributed by atoms with van der Waals surface area (Å²) in [5.74, 6) is -1.49. The minimum absolute atomic E-state index is 0.0569. The van der Waals surface area contributed by atoms with Crippen molar-refractivity contribution in [1.29, 1.82) is 0 Å². The van der Waals surface area contributed by atoms with Crippen LogP contribution in [0.1, 0.15) is 21.6 Å². The molecular weight excluding hydrogens is 223 g/mol. The molecule has 0 aliphatic carbocycles. The maximum Gasteiger partial charge on any atom is 0.353 e. The van der Waals surface area contributed by atoms with Crippen molar-refractivity contribution in [2.45, 2.75) is 13.8 Å². The lowest BCUT2D eigenvalue weighted by Crippen LogP contribution is -1.95. The monoisotopic (exact) mass is 234 g/mol. The number of H-pyrrole nitrogens is 1. The number of halogens is 1. The smallest absolute Gasteiger partial charge is 0.353 e. The molecule has 2 aromatic rings. The third-order valence-corrected chi connectivity index (χ3v) is 2.48. The van der Waals surface area contributed by atoms with Crippen molar-refractivity contribution in [3.05, 3.63) is 40.8 Å². The first-order valence-corrected chi connectivity index (χ1v) is 5.05. The van der Waals surface area contributed by atoms with Crippen molar-refractivity contribution in [2.24, 2.45) is 0 Å². The number of aryl methyl sites for hydroxylation is 2. The van der Waals surface area contributed by atoms with Crippen LogP contribution in [0, 0.1) is 19.7 Å². The second kappa shape index (κ2) is 4.01. The van der Waals surface area contributed by atoms with E-state index >= 15 is 0 Å². The fraction of sp³-hybridized carbons (Fsp3) is 0.167. The molecule has 0 saturated carbocycles. The van der Waals surface area contributed by atoms with Gasteiger partial charge in [0.25, 0.3) is 0 Å². The second-order valence-electron chi connectivity index (χ2n) is 3.92. The average molecular weight is 234 g/mol. The van der Waals surface area contributed by atoms with Crippen LogP contribution in [0.4, 0.5) is 4.39 Å². The minimum atomic E-state index is -1.12. The van der Waals surface area contributed by atoms with E-state index in [2.05, 4.69) is 10.2 Å². The van der Waals surface area contributed by atoms with Gasteiger partial charge in [-0.2, -0.15) is 5.10 Å². The largest absolute Gasteiger partial charge is 0.477 e. The van der Waals surface area contributed by atoms with E-state index in [1.807, 2.05) is 6.92 Å². The molecule has 1 heterocycles. The van der Waals surface area contributed by atoms with Crippen molar-refractivity contribution in [2.75, 3.05) is 0 Å². The first kappa shape index (κ1) is 11.3. The molecule has 88 valence electrons. The minimum Gasteiger partial charge on any atom is -0.477 e. The first-order chi connectivity index (χ1) is 7.99. The number of aromatic nitrogens is 2. The maximum atomic E-state index is 13.9. The van der Waals surface area contributed by atoms with Crippen LogP contribution in [-0.4, -0.2) is 21.3 Å². The number of hydrogen-bond donors (Lipinski definition) is 2. The normalized spacial score (nSPS) is 10.5. The number of aromatic amines is 1. The predicted molar refractivity (Wildman–Crippen MR) is 60.4 cm³/mol. The van der Waals surface area contributed by atoms with Gasteiger partial charge in [0, 0.05) is 5.56 Å². The highest BCUT2D eigenvalue weighted by atomic mass is 19.1. The molecule has 0 radical (unpaired) electrons. The van der Waals surface area contributed by atoms with E-state index in [-0.39, 0.29) is 11.5 Å². The molecule has 0 aliphatic rings. The van der Waals surface area contributed by atoms with Crippen LogP contribution in [0.3, 0.4) is 0 Å². The SMILES string of the molecule is Cc1cc(C)c(F)c(-c2cc(C(=O)O)[nH]n2)c1. The van der Waals surface area contributed by atoms with Crippen LogP contribution < -0.4 is 0 Å². The molecule has 17 heavy (non-hydrogen) atoms. The fourth-order valence-corrected chi connectivity index (χ4v) is 1.71. The van der Waals surface area contributed by atoms with Gasteiger partial charge in [0.05, 0.1) is 5.69 Å². The maximum absolute atomic E-state index is 13.9. The van der Waals surface area contributed by atoms with E-state index < -0.39 is 5.97 Å². The number of carboxylic acids is 1. The number of rotatable bonds is 2. The van der Waals surface area contributed by atoms with E-state index in [0.29, 0.717) is 16.8 Å². The molecule has 2 N–H and O–H groups in total. The topological polar surface area (TPSA) is 66.0 Å². The molecule has 0 saturated heterocycles. The number of benzene rings is 1. The Kier molecular flexibility index (Phi) is 2.67. The summed E-state index contributed by atoms with van der Waals surface area (Å²) >= 11 is 0. The van der Waals surface area contributed by atoms with E-state index in [4.69, 9.17) is 5.11 Å². The van der Waals surface area contributed by atoms with E-state index in [1.54, 1.807) is 19.1 Å². The summed E-state index contributed by atoms with van der Waals surface area (Å²) in [5.41, 5.74) is 1.97. The van der Waals surface area contributed by atoms with Crippen molar-refractivity contribution < 1.29 is 14.3 Å². The van der Waals surface area contributed by atoms with Gasteiger partial charge >= 0.3 is 5.97 Å². The summed E-state index contributed by atoms with van der Waals surface area (Å²) < 4.78 is 13.9. The summed E-state index contributed by atoms with van der Waals surface area (Å²) in [4.78, 5) is 10.7. The molecule has 1 aromatic heterocycles. The van der Waals surface area contributed by atoms with Crippen LogP contribution >= 0.6 is 0 Å². The molecule has 2 rings (SSSR count). The lowest BCUT2D eigenvalue weighted by atomic mass is 10.0. The van der Waals surface area contributed by atoms with Gasteiger partial charge in [0.2, 0.25) is 0 Å². The quantitative estimate of drug-likeness (QED) is 0.839. The zero-order valence-electron chi connectivity index (χ0n) is 9.41. The van der Waals surface area contributed by atoms with Crippen LogP contribution in [0.2, 0.25) is 0 Å². The number of nitrogens with one attached hydrogen (secondary N) is 1. The Bertz CT molecular complexity index is 590. The molecule has 0 fully saturated rings. The highest BCUT2D eigenvalue weighted by Gasteiger charge is 2.14. The molecule has 1 aromatic carbocycles. The van der Waals surface area contributed by atoms with Gasteiger partial charge in [-0.05, 0) is 37.1 Å². The molecule has 0 spiro atoms. The standard InChI is InChI=1S/C12H11FN2O2/c1-6-3-7(2)11(13)8(4-6)9-5-10(12(16)17)15-14-9/h3-5H,1-2H3,(H,14,15)(H,16,17). The average Bonchev–Trinajstić information content (AvgIpc) is 2.72. The molecule has 0 amide bonds. The molecular formula is C12H11FN2O2. The van der Waals surface area contributed by atoms with Crippen molar-refractivity contribution in [1.82, 2.24) is 10.2 Å². The number of nitrogens with zero attached hydrogens (tertiary/aromatic N) is 1. The summed E-state index contributed by atoms with van der Waals surface area (Å²) in [6.07, 6.45) is 0. The third kappa shape index (κ3) is 2.04. The summed E-state index contributed by atoms with van der Waals surface area (Å²) in [5, 5.41) is 14.9. The van der Waals surface area contributed by atoms with Crippen LogP contribution in [0.5, 0.6) is 0 Å². The number of carbonyl (C=O) groups is 1. The van der Waals surface area contributed by atoms with Crippen LogP contribution in [-0.2, 0) is 0 Å². The first-order valence-electron chi connectivity index (χ1n) is 5.05. The van der Waals surface area contributed by atoms with Gasteiger partial charge in [-0.1, -0.05) is 6.07 Å². The zero-order valence-corrected chi connectivity index (χ0v) is 9.41. The molecule has 0 bridgehead atoms. The Balaban J connectivity index is 2.56. The van der Waals surface area contributed by atoms with Crippen LogP contribution in [0.25, 0.3) is 11.3 Å². The van der Waals surface area contributed by atoms with Gasteiger partial charge in [0.1, 0.15) is 11.5 Å². The van der Waals surface area contributed by atoms with Crippen molar-refractivity contribution in [3.63, 3.8) is 0 Å². The Morgan fingerprint density at radius 3 is 2.65 bits per heavy atom. The van der Waals surface area contributed by atoms with Gasteiger partial charge < -0.3 is 5.11 Å². The predicted octanol–water partition coefficient (Wildman–Crippen LogP) is 2.53. The fourth-order valence-electron chi connectivity index (χ4n) is 1.71. The molecule has 0 unspecified atom stereocenters. The number of carboxylic acid groups (broad SMARTS) is 1. The highest BCUT2D eigenvalue weighted by molar-refractivity contribution is 5.86. The Morgan fingerprint density at radius 1 is 1.35 bits per heavy atom. The van der Waals surface area contributed by atoms with Gasteiger partial charge in [-0.15, -0.1) is 0 Å². The Hall–Kier alpha value is -2.17. The number of hydrogen-bond acceptors (Lipinski definition) is 2. The number of aromatic carboxylic acids is 1. The van der Waals surface area contributed by atoms with E-state index in [1.165, 1.54) is 6.07 Å². The molecule has 5 heteroatoms. The van der Waals surface area contributed by atoms with Crippen LogP contribution in [0.15, 0.2) is 18.2 Å². The Labute approximate surface area is 97.1 Å². The Morgan fingerprint density at radius 2 is 2.06 bits per heavy atom. The molecule has 0 aliphatic heterocycles. The lowest BCUT2D eigenvalue weighted by molar-refractivity contribution is 0.0690. The molecule has 0 atom stereocenters. The summed E-state index contributed by atoms with van der Waals surface area (Å²) in [7, 11) is 0. The lowest BCUT2D eigenvalue weighted by Gasteiger charge is -2.04. The zero-order chi connectivity index (χ0) is 12.6. The second-order valence-corrected chi connectivity index (χ2v) is 3.92. The molecule has 4 nitrogen and oxygen atoms in total. The van der Waals surface area contributed by atoms with E-state index in [9.17, 15) is 9.18 Å². The van der Waals surface area contributed by atoms with Crippen molar-refractivity contribution in [3.8, 4) is 11.3 Å². The third-order valence-electron chi connectivity index (χ3n) is 2.48. The van der Waals surface area contributed by atoms with Gasteiger partial charge in [0.15, 0.2) is 0 Å². The highest BCUT2D eigenvalue weighted by Crippen LogP contribution is 2.25. The van der Waals surface area contributed by atoms with Gasteiger partial charge in [-0.3, -0.25) is 5.10 Å². The van der Waals surface area contributed by atoms with Crippen molar-refractivity contribution >= 4 is 5.97 Å². The summed E-state index contributed by atoms with van der Waals surface area (Å²) in [6.45, 7) is 3.51. The summed E-state index contributed by atoms with van der Waals surface area (Å²) in [6, 6.07) is 4.69. The van der Waals surface area contributed by atoms with E-state index in [0.717, 1.165) is 5.56 Å². The van der Waals surface area contributed by atoms with Gasteiger partial charge in [-0.25, -0.2) is 9.18 Å².